The molecule has 2 amide bonds. The molecular weight excluding hydrogens is 624 g/mol. The van der Waals surface area contributed by atoms with Crippen LogP contribution in [0.2, 0.25) is 10.0 Å². The Morgan fingerprint density at radius 3 is 2.05 bits per heavy atom. The molecule has 44 heavy (non-hydrogen) atoms. The van der Waals surface area contributed by atoms with E-state index in [1.54, 1.807) is 42.5 Å². The molecule has 0 bridgehead atoms. The van der Waals surface area contributed by atoms with Crippen molar-refractivity contribution in [1.29, 1.82) is 0 Å². The number of sulfonamides is 1. The first-order valence-corrected chi connectivity index (χ1v) is 16.1. The van der Waals surface area contributed by atoms with Crippen LogP contribution in [-0.2, 0) is 32.6 Å². The number of hydrogen-bond donors (Lipinski definition) is 1. The smallest absolute Gasteiger partial charge is 0.264 e. The summed E-state index contributed by atoms with van der Waals surface area (Å²) in [6.45, 7) is 2.93. The maximum Gasteiger partial charge on any atom is 0.264 e. The molecule has 4 rings (SSSR count). The topological polar surface area (TPSA) is 86.8 Å². The minimum Gasteiger partial charge on any atom is -0.352 e. The Morgan fingerprint density at radius 2 is 1.45 bits per heavy atom. The molecule has 0 heterocycles. The number of halogens is 3. The Balaban J connectivity index is 1.81. The second-order valence-electron chi connectivity index (χ2n) is 10.4. The quantitative estimate of drug-likeness (QED) is 0.189. The average molecular weight is 657 g/mol. The summed E-state index contributed by atoms with van der Waals surface area (Å²) in [5, 5.41) is 3.10. The third-order valence-corrected chi connectivity index (χ3v) is 9.10. The number of carbonyl (C=O) groups is 2. The van der Waals surface area contributed by atoms with Crippen molar-refractivity contribution in [2.24, 2.45) is 0 Å². The highest BCUT2D eigenvalue weighted by Crippen LogP contribution is 2.28. The summed E-state index contributed by atoms with van der Waals surface area (Å²) in [6.07, 6.45) is 0.173. The van der Waals surface area contributed by atoms with Gasteiger partial charge < -0.3 is 10.2 Å². The van der Waals surface area contributed by atoms with E-state index in [0.29, 0.717) is 10.6 Å². The average Bonchev–Trinajstić information content (AvgIpc) is 3.00. The Labute approximate surface area is 267 Å². The van der Waals surface area contributed by atoms with Crippen molar-refractivity contribution in [3.8, 4) is 0 Å². The number of benzene rings is 4. The molecule has 0 fully saturated rings. The first kappa shape index (κ1) is 33.0. The fourth-order valence-electron chi connectivity index (χ4n) is 4.61. The van der Waals surface area contributed by atoms with E-state index in [1.165, 1.54) is 23.1 Å². The third kappa shape index (κ3) is 8.37. The molecule has 0 saturated carbocycles. The Morgan fingerprint density at radius 1 is 0.841 bits per heavy atom. The molecule has 1 atom stereocenters. The van der Waals surface area contributed by atoms with Crippen LogP contribution in [0.15, 0.2) is 108 Å². The van der Waals surface area contributed by atoms with Gasteiger partial charge in [0.05, 0.1) is 15.6 Å². The molecule has 1 N–H and O–H groups in total. The highest BCUT2D eigenvalue weighted by atomic mass is 35.5. The van der Waals surface area contributed by atoms with Crippen molar-refractivity contribution in [3.05, 3.63) is 130 Å². The van der Waals surface area contributed by atoms with Crippen LogP contribution in [0.4, 0.5) is 10.1 Å². The van der Waals surface area contributed by atoms with Crippen LogP contribution in [0.3, 0.4) is 0 Å². The molecular formula is C33H32Cl2FN3O4S. The number of nitrogens with zero attached hydrogens (tertiary/aromatic N) is 2. The molecule has 0 unspecified atom stereocenters. The fourth-order valence-corrected chi connectivity index (χ4v) is 6.34. The van der Waals surface area contributed by atoms with Crippen molar-refractivity contribution in [3.63, 3.8) is 0 Å². The van der Waals surface area contributed by atoms with Crippen LogP contribution < -0.4 is 9.62 Å². The number of amides is 2. The second-order valence-corrected chi connectivity index (χ2v) is 13.1. The zero-order chi connectivity index (χ0) is 31.9. The van der Waals surface area contributed by atoms with Crippen LogP contribution in [-0.4, -0.2) is 43.8 Å². The summed E-state index contributed by atoms with van der Waals surface area (Å²) in [4.78, 5) is 29.3. The van der Waals surface area contributed by atoms with Gasteiger partial charge in [0, 0.05) is 24.0 Å². The number of hydrogen-bond acceptors (Lipinski definition) is 4. The van der Waals surface area contributed by atoms with Gasteiger partial charge in [-0.05, 0) is 67.4 Å². The number of rotatable bonds is 12. The summed E-state index contributed by atoms with van der Waals surface area (Å²) in [5.41, 5.74) is 1.48. The summed E-state index contributed by atoms with van der Waals surface area (Å²) >= 11 is 12.2. The molecule has 0 spiro atoms. The van der Waals surface area contributed by atoms with Gasteiger partial charge in [0.15, 0.2) is 0 Å². The lowest BCUT2D eigenvalue weighted by molar-refractivity contribution is -0.140. The fraction of sp³-hybridized carbons (Fsp3) is 0.212. The van der Waals surface area contributed by atoms with E-state index in [-0.39, 0.29) is 34.6 Å². The maximum absolute atomic E-state index is 14.4. The lowest BCUT2D eigenvalue weighted by atomic mass is 10.0. The van der Waals surface area contributed by atoms with Gasteiger partial charge in [-0.1, -0.05) is 83.9 Å². The van der Waals surface area contributed by atoms with Crippen molar-refractivity contribution in [2.45, 2.75) is 43.8 Å². The van der Waals surface area contributed by atoms with Crippen molar-refractivity contribution in [2.75, 3.05) is 10.8 Å². The standard InChI is InChI=1S/C33H32Cl2FN3O4S/c1-23(2)37-33(41)31(19-24-9-5-3-6-10-24)38(21-25-13-15-26(34)16-14-25)32(40)22-39(27-17-18-30(36)29(35)20-27)44(42,43)28-11-7-4-8-12-28/h3-18,20,23,31H,19,21-22H2,1-2H3,(H,37,41)/t31-/m1/s1. The molecule has 0 aliphatic carbocycles. The highest BCUT2D eigenvalue weighted by Gasteiger charge is 2.35. The van der Waals surface area contributed by atoms with E-state index in [0.717, 1.165) is 22.0 Å². The monoisotopic (exact) mass is 655 g/mol. The molecule has 0 aliphatic heterocycles. The van der Waals surface area contributed by atoms with Gasteiger partial charge in [-0.3, -0.25) is 13.9 Å². The highest BCUT2D eigenvalue weighted by molar-refractivity contribution is 7.92. The zero-order valence-electron chi connectivity index (χ0n) is 24.2. The van der Waals surface area contributed by atoms with Crippen LogP contribution in [0.5, 0.6) is 0 Å². The molecule has 7 nitrogen and oxygen atoms in total. The molecule has 0 saturated heterocycles. The van der Waals surface area contributed by atoms with Gasteiger partial charge >= 0.3 is 0 Å². The van der Waals surface area contributed by atoms with E-state index in [2.05, 4.69) is 5.32 Å². The molecule has 230 valence electrons. The van der Waals surface area contributed by atoms with E-state index >= 15 is 0 Å². The van der Waals surface area contributed by atoms with Crippen LogP contribution in [0.25, 0.3) is 0 Å². The van der Waals surface area contributed by atoms with E-state index in [9.17, 15) is 22.4 Å². The summed E-state index contributed by atoms with van der Waals surface area (Å²) in [7, 11) is -4.33. The van der Waals surface area contributed by atoms with E-state index in [1.807, 2.05) is 44.2 Å². The van der Waals surface area contributed by atoms with Gasteiger partial charge in [-0.2, -0.15) is 0 Å². The molecule has 4 aromatic rings. The first-order valence-electron chi connectivity index (χ1n) is 13.9. The Bertz CT molecular complexity index is 1690. The SMILES string of the molecule is CC(C)NC(=O)[C@@H](Cc1ccccc1)N(Cc1ccc(Cl)cc1)C(=O)CN(c1ccc(F)c(Cl)c1)S(=O)(=O)c1ccccc1. The molecule has 4 aromatic carbocycles. The van der Waals surface area contributed by atoms with Gasteiger partial charge in [0.2, 0.25) is 11.8 Å². The normalized spacial score (nSPS) is 12.0. The van der Waals surface area contributed by atoms with Crippen molar-refractivity contribution >= 4 is 50.7 Å². The van der Waals surface area contributed by atoms with Gasteiger partial charge in [-0.15, -0.1) is 0 Å². The molecule has 0 aromatic heterocycles. The first-order chi connectivity index (χ1) is 21.0. The minimum absolute atomic E-state index is 0.00807. The van der Waals surface area contributed by atoms with Crippen LogP contribution >= 0.6 is 23.2 Å². The van der Waals surface area contributed by atoms with Gasteiger partial charge in [0.1, 0.15) is 18.4 Å². The number of nitrogens with one attached hydrogen (secondary N) is 1. The van der Waals surface area contributed by atoms with E-state index in [4.69, 9.17) is 23.2 Å². The lowest BCUT2D eigenvalue weighted by Crippen LogP contribution is -2.54. The van der Waals surface area contributed by atoms with E-state index < -0.39 is 40.2 Å². The Hall–Kier alpha value is -3.92. The lowest BCUT2D eigenvalue weighted by Gasteiger charge is -2.34. The summed E-state index contributed by atoms with van der Waals surface area (Å²) < 4.78 is 42.9. The predicted octanol–water partition coefficient (Wildman–Crippen LogP) is 6.49. The van der Waals surface area contributed by atoms with Crippen LogP contribution in [0, 0.1) is 5.82 Å². The molecule has 11 heteroatoms. The summed E-state index contributed by atoms with van der Waals surface area (Å²) in [5.74, 6) is -1.79. The summed E-state index contributed by atoms with van der Waals surface area (Å²) in [6, 6.07) is 25.9. The maximum atomic E-state index is 14.4. The molecule has 0 aliphatic rings. The zero-order valence-corrected chi connectivity index (χ0v) is 26.5. The predicted molar refractivity (Wildman–Crippen MR) is 172 cm³/mol. The largest absolute Gasteiger partial charge is 0.352 e. The van der Waals surface area contributed by atoms with Gasteiger partial charge in [0.25, 0.3) is 10.0 Å². The van der Waals surface area contributed by atoms with Crippen molar-refractivity contribution < 1.29 is 22.4 Å². The molecule has 0 radical (unpaired) electrons. The minimum atomic E-state index is -4.33. The third-order valence-electron chi connectivity index (χ3n) is 6.77. The number of anilines is 1. The van der Waals surface area contributed by atoms with Gasteiger partial charge in [-0.25, -0.2) is 12.8 Å². The van der Waals surface area contributed by atoms with Crippen LogP contribution in [0.1, 0.15) is 25.0 Å². The Kier molecular flexibility index (Phi) is 11.0. The number of carbonyl (C=O) groups excluding carboxylic acids is 2. The van der Waals surface area contributed by atoms with Crippen molar-refractivity contribution in [1.82, 2.24) is 10.2 Å². The second kappa shape index (κ2) is 14.7.